The summed E-state index contributed by atoms with van der Waals surface area (Å²) in [7, 11) is 1.48. The van der Waals surface area contributed by atoms with Crippen LogP contribution in [0.25, 0.3) is 10.9 Å². The molecule has 1 saturated heterocycles. The van der Waals surface area contributed by atoms with Gasteiger partial charge in [-0.15, -0.1) is 0 Å². The average molecular weight is 459 g/mol. The van der Waals surface area contributed by atoms with Gasteiger partial charge in [-0.1, -0.05) is 18.2 Å². The summed E-state index contributed by atoms with van der Waals surface area (Å²) in [4.78, 5) is 17.5. The van der Waals surface area contributed by atoms with Crippen molar-refractivity contribution >= 4 is 22.5 Å². The molecule has 0 aliphatic carbocycles. The molecule has 2 heterocycles. The van der Waals surface area contributed by atoms with Gasteiger partial charge in [0.1, 0.15) is 17.2 Å². The lowest BCUT2D eigenvalue weighted by Gasteiger charge is -2.46. The Hall–Kier alpha value is -3.33. The fourth-order valence-corrected chi connectivity index (χ4v) is 4.19. The van der Waals surface area contributed by atoms with E-state index in [1.807, 2.05) is 0 Å². The molecule has 0 radical (unpaired) electrons. The highest BCUT2D eigenvalue weighted by Crippen LogP contribution is 2.41. The Balaban J connectivity index is 1.72. The molecule has 1 unspecified atom stereocenters. The van der Waals surface area contributed by atoms with Crippen LogP contribution < -0.4 is 10.1 Å². The lowest BCUT2D eigenvalue weighted by atomic mass is 9.84. The number of carbonyl (C=O) groups excluding carboxylic acids is 1. The Bertz CT molecular complexity index is 1210. The van der Waals surface area contributed by atoms with Crippen molar-refractivity contribution in [2.45, 2.75) is 31.9 Å². The number of carbonyl (C=O) groups is 1. The fraction of sp³-hybridized carbons (Fsp3) is 0.333. The molecule has 1 atom stereocenters. The Morgan fingerprint density at radius 3 is 2.58 bits per heavy atom. The average Bonchev–Trinajstić information content (AvgIpc) is 2.75. The molecule has 1 aromatic heterocycles. The van der Waals surface area contributed by atoms with Crippen molar-refractivity contribution < 1.29 is 27.8 Å². The van der Waals surface area contributed by atoms with E-state index in [2.05, 4.69) is 10.3 Å². The zero-order valence-corrected chi connectivity index (χ0v) is 18.4. The monoisotopic (exact) mass is 459 g/mol. The van der Waals surface area contributed by atoms with Crippen molar-refractivity contribution in [1.82, 2.24) is 9.88 Å². The Kier molecular flexibility index (Phi) is 5.92. The van der Waals surface area contributed by atoms with Gasteiger partial charge in [-0.2, -0.15) is 0 Å². The Morgan fingerprint density at radius 2 is 1.94 bits per heavy atom. The van der Waals surface area contributed by atoms with Crippen molar-refractivity contribution in [2.24, 2.45) is 0 Å². The Morgan fingerprint density at radius 1 is 1.24 bits per heavy atom. The minimum absolute atomic E-state index is 0.112. The number of fused-ring (bicyclic) bond motifs is 1. The Labute approximate surface area is 189 Å². The van der Waals surface area contributed by atoms with Gasteiger partial charge < -0.3 is 20.1 Å². The van der Waals surface area contributed by atoms with E-state index in [1.165, 1.54) is 31.1 Å². The third kappa shape index (κ3) is 4.08. The molecular formula is C24H24F3N3O3. The molecule has 1 amide bonds. The number of nitrogens with one attached hydrogen (secondary N) is 1. The number of amides is 1. The van der Waals surface area contributed by atoms with E-state index in [1.54, 1.807) is 31.3 Å². The van der Waals surface area contributed by atoms with Crippen LogP contribution >= 0.6 is 0 Å². The maximum absolute atomic E-state index is 14.7. The summed E-state index contributed by atoms with van der Waals surface area (Å²) >= 11 is 0. The summed E-state index contributed by atoms with van der Waals surface area (Å²) in [5.74, 6) is -0.645. The second kappa shape index (κ2) is 8.55. The molecule has 33 heavy (non-hydrogen) atoms. The number of benzene rings is 2. The summed E-state index contributed by atoms with van der Waals surface area (Å²) in [6.07, 6.45) is -1.34. The minimum atomic E-state index is -2.91. The molecule has 1 aliphatic rings. The normalized spacial score (nSPS) is 15.9. The molecule has 4 rings (SSSR count). The first-order valence-corrected chi connectivity index (χ1v) is 10.4. The van der Waals surface area contributed by atoms with Crippen molar-refractivity contribution in [3.8, 4) is 5.75 Å². The number of aromatic nitrogens is 1. The molecule has 0 bridgehead atoms. The number of methoxy groups -OCH3 is 1. The van der Waals surface area contributed by atoms with E-state index in [-0.39, 0.29) is 24.6 Å². The topological polar surface area (TPSA) is 74.7 Å². The number of pyridine rings is 1. The first kappa shape index (κ1) is 22.8. The summed E-state index contributed by atoms with van der Waals surface area (Å²) in [6.45, 7) is 3.38. The van der Waals surface area contributed by atoms with Crippen molar-refractivity contribution in [2.75, 3.05) is 25.5 Å². The lowest BCUT2D eigenvalue weighted by molar-refractivity contribution is -0.155. The molecule has 174 valence electrons. The lowest BCUT2D eigenvalue weighted by Crippen LogP contribution is -2.60. The van der Waals surface area contributed by atoms with E-state index < -0.39 is 29.4 Å². The van der Waals surface area contributed by atoms with Crippen LogP contribution in [0, 0.1) is 5.82 Å². The number of anilines is 1. The largest absolute Gasteiger partial charge is 0.496 e. The highest BCUT2D eigenvalue weighted by molar-refractivity contribution is 5.93. The van der Waals surface area contributed by atoms with Gasteiger partial charge in [0.25, 0.3) is 6.43 Å². The van der Waals surface area contributed by atoms with Crippen LogP contribution in [0.2, 0.25) is 0 Å². The maximum atomic E-state index is 14.7. The molecule has 0 saturated carbocycles. The van der Waals surface area contributed by atoms with E-state index in [4.69, 9.17) is 4.74 Å². The number of halogens is 3. The highest BCUT2D eigenvalue weighted by Gasteiger charge is 2.46. The van der Waals surface area contributed by atoms with Crippen LogP contribution in [-0.2, 0) is 10.4 Å². The van der Waals surface area contributed by atoms with Crippen LogP contribution in [0.4, 0.5) is 18.9 Å². The van der Waals surface area contributed by atoms with Crippen molar-refractivity contribution in [3.63, 3.8) is 0 Å². The molecule has 2 aromatic carbocycles. The molecule has 3 aromatic rings. The van der Waals surface area contributed by atoms with Crippen molar-refractivity contribution in [3.05, 3.63) is 65.1 Å². The predicted molar refractivity (Wildman–Crippen MR) is 118 cm³/mol. The van der Waals surface area contributed by atoms with Gasteiger partial charge in [-0.05, 0) is 19.1 Å². The SMILES string of the molecule is COc1cc2nccc(NC(C)c3cccc(C(F)F)c3F)c2cc1C1(O)CN(C(C)=O)C1. The van der Waals surface area contributed by atoms with Crippen LogP contribution in [0.15, 0.2) is 42.6 Å². The second-order valence-electron chi connectivity index (χ2n) is 8.25. The van der Waals surface area contributed by atoms with Gasteiger partial charge in [0.2, 0.25) is 5.91 Å². The standard InChI is InChI=1S/C24H24F3N3O3/c1-13(15-5-4-6-16(22(15)25)23(26)27)29-19-7-8-28-20-10-21(33-3)18(9-17(19)20)24(32)11-30(12-24)14(2)31/h4-10,13,23,32H,11-12H2,1-3H3,(H,28,29). The summed E-state index contributed by atoms with van der Waals surface area (Å²) < 4.78 is 46.4. The predicted octanol–water partition coefficient (Wildman–Crippen LogP) is 4.54. The van der Waals surface area contributed by atoms with Gasteiger partial charge in [0.05, 0.1) is 37.3 Å². The first-order valence-electron chi connectivity index (χ1n) is 10.4. The third-order valence-corrected chi connectivity index (χ3v) is 6.05. The van der Waals surface area contributed by atoms with E-state index >= 15 is 0 Å². The number of ether oxygens (including phenoxy) is 1. The molecule has 1 fully saturated rings. The molecule has 1 aliphatic heterocycles. The number of hydrogen-bond acceptors (Lipinski definition) is 5. The quantitative estimate of drug-likeness (QED) is 0.566. The third-order valence-electron chi connectivity index (χ3n) is 6.05. The van der Waals surface area contributed by atoms with Gasteiger partial charge in [0.15, 0.2) is 0 Å². The van der Waals surface area contributed by atoms with E-state index in [9.17, 15) is 23.1 Å². The molecule has 9 heteroatoms. The van der Waals surface area contributed by atoms with Gasteiger partial charge in [-0.25, -0.2) is 13.2 Å². The smallest absolute Gasteiger partial charge is 0.266 e. The van der Waals surface area contributed by atoms with E-state index in [0.29, 0.717) is 27.9 Å². The van der Waals surface area contributed by atoms with Crippen LogP contribution in [0.1, 0.15) is 43.0 Å². The highest BCUT2D eigenvalue weighted by atomic mass is 19.3. The number of alkyl halides is 2. The molecule has 0 spiro atoms. The minimum Gasteiger partial charge on any atom is -0.496 e. The number of hydrogen-bond donors (Lipinski definition) is 2. The number of rotatable bonds is 6. The second-order valence-corrected chi connectivity index (χ2v) is 8.25. The number of β-amino-alcohol motifs (C(OH)–C–C–N with tert-alkyl or cyclic N) is 1. The number of nitrogens with zero attached hydrogens (tertiary/aromatic N) is 2. The van der Waals surface area contributed by atoms with Gasteiger partial charge in [0, 0.05) is 41.4 Å². The van der Waals surface area contributed by atoms with Crippen LogP contribution in [0.3, 0.4) is 0 Å². The summed E-state index contributed by atoms with van der Waals surface area (Å²) in [5.41, 5.74) is -0.145. The summed E-state index contributed by atoms with van der Waals surface area (Å²) in [6, 6.07) is 8.42. The zero-order valence-electron chi connectivity index (χ0n) is 18.4. The fourth-order valence-electron chi connectivity index (χ4n) is 4.19. The molecular weight excluding hydrogens is 435 g/mol. The molecule has 2 N–H and O–H groups in total. The molecule has 6 nitrogen and oxygen atoms in total. The van der Waals surface area contributed by atoms with Crippen LogP contribution in [-0.4, -0.2) is 41.1 Å². The van der Waals surface area contributed by atoms with Gasteiger partial charge >= 0.3 is 0 Å². The summed E-state index contributed by atoms with van der Waals surface area (Å²) in [5, 5.41) is 14.9. The van der Waals surface area contributed by atoms with Crippen LogP contribution in [0.5, 0.6) is 5.75 Å². The number of likely N-dealkylation sites (tertiary alicyclic amines) is 1. The number of aliphatic hydroxyl groups is 1. The van der Waals surface area contributed by atoms with E-state index in [0.717, 1.165) is 6.07 Å². The van der Waals surface area contributed by atoms with Gasteiger partial charge in [-0.3, -0.25) is 9.78 Å². The first-order chi connectivity index (χ1) is 15.6. The maximum Gasteiger partial charge on any atom is 0.266 e. The zero-order chi connectivity index (χ0) is 23.9. The van der Waals surface area contributed by atoms with Crippen molar-refractivity contribution in [1.29, 1.82) is 0 Å².